The van der Waals surface area contributed by atoms with Crippen LogP contribution >= 0.6 is 35.0 Å². The second-order valence-electron chi connectivity index (χ2n) is 6.05. The first-order valence-electron chi connectivity index (χ1n) is 8.41. The minimum atomic E-state index is 0.480. The Kier molecular flexibility index (Phi) is 5.19. The van der Waals surface area contributed by atoms with Gasteiger partial charge >= 0.3 is 0 Å². The molecule has 4 rings (SSSR count). The molecule has 2 heterocycles. The van der Waals surface area contributed by atoms with Crippen LogP contribution in [0.25, 0.3) is 5.57 Å². The van der Waals surface area contributed by atoms with E-state index in [1.165, 1.54) is 11.8 Å². The van der Waals surface area contributed by atoms with Gasteiger partial charge in [0.1, 0.15) is 17.8 Å². The number of hydrogen-bond acceptors (Lipinski definition) is 5. The quantitative estimate of drug-likeness (QED) is 0.678. The first kappa shape index (κ1) is 18.7. The third-order valence-corrected chi connectivity index (χ3v) is 5.95. The predicted octanol–water partition coefficient (Wildman–Crippen LogP) is 5.63. The summed E-state index contributed by atoms with van der Waals surface area (Å²) in [4.78, 5) is 0.865. The summed E-state index contributed by atoms with van der Waals surface area (Å²) in [6.45, 7) is 4.60. The Bertz CT molecular complexity index is 1090. The Balaban J connectivity index is 1.73. The molecule has 0 atom stereocenters. The van der Waals surface area contributed by atoms with E-state index in [1.807, 2.05) is 41.4 Å². The highest BCUT2D eigenvalue weighted by atomic mass is 35.5. The normalized spacial score (nSPS) is 15.7. The molecule has 28 heavy (non-hydrogen) atoms. The van der Waals surface area contributed by atoms with Crippen LogP contribution in [0.15, 0.2) is 82.6 Å². The Morgan fingerprint density at radius 1 is 1.11 bits per heavy atom. The van der Waals surface area contributed by atoms with Gasteiger partial charge in [-0.25, -0.2) is 5.01 Å². The average Bonchev–Trinajstić information content (AvgIpc) is 2.70. The summed E-state index contributed by atoms with van der Waals surface area (Å²) in [5, 5.41) is 21.0. The van der Waals surface area contributed by atoms with Crippen molar-refractivity contribution in [2.24, 2.45) is 5.10 Å². The van der Waals surface area contributed by atoms with Crippen LogP contribution in [0.4, 0.5) is 0 Å². The molecule has 0 amide bonds. The fraction of sp³-hybridized carbons (Fsp3) is 0.0476. The van der Waals surface area contributed by atoms with E-state index >= 15 is 0 Å². The number of halogens is 2. The highest BCUT2D eigenvalue weighted by molar-refractivity contribution is 8.14. The summed E-state index contributed by atoms with van der Waals surface area (Å²) in [5.74, 6) is 0. The summed E-state index contributed by atoms with van der Waals surface area (Å²) < 4.78 is 0. The van der Waals surface area contributed by atoms with Crippen LogP contribution in [0.5, 0.6) is 0 Å². The Morgan fingerprint density at radius 2 is 1.86 bits per heavy atom. The van der Waals surface area contributed by atoms with Gasteiger partial charge in [0.2, 0.25) is 0 Å². The van der Waals surface area contributed by atoms with Gasteiger partial charge < -0.3 is 5.32 Å². The number of nitriles is 1. The summed E-state index contributed by atoms with van der Waals surface area (Å²) in [6.07, 6.45) is 3.90. The minimum absolute atomic E-state index is 0.480. The van der Waals surface area contributed by atoms with E-state index in [0.29, 0.717) is 22.3 Å². The van der Waals surface area contributed by atoms with Gasteiger partial charge in [0.25, 0.3) is 0 Å². The van der Waals surface area contributed by atoms with Crippen molar-refractivity contribution >= 4 is 45.6 Å². The van der Waals surface area contributed by atoms with Gasteiger partial charge in [-0.3, -0.25) is 0 Å². The molecule has 0 aliphatic carbocycles. The maximum absolute atomic E-state index is 9.29. The second kappa shape index (κ2) is 7.76. The van der Waals surface area contributed by atoms with E-state index in [4.69, 9.17) is 28.3 Å². The van der Waals surface area contributed by atoms with Crippen LogP contribution in [0.2, 0.25) is 10.0 Å². The lowest BCUT2D eigenvalue weighted by Gasteiger charge is -2.33. The van der Waals surface area contributed by atoms with E-state index in [0.717, 1.165) is 32.5 Å². The Labute approximate surface area is 177 Å². The first-order chi connectivity index (χ1) is 13.6. The molecule has 0 unspecified atom stereocenters. The third kappa shape index (κ3) is 3.43. The van der Waals surface area contributed by atoms with E-state index in [-0.39, 0.29) is 0 Å². The number of rotatable bonds is 2. The van der Waals surface area contributed by atoms with Crippen LogP contribution in [0.3, 0.4) is 0 Å². The smallest absolute Gasteiger partial charge is 0.122 e. The monoisotopic (exact) mass is 424 g/mol. The number of fused-ring (bicyclic) bond motifs is 1. The number of nitrogens with zero attached hydrogens (tertiary/aromatic N) is 3. The molecule has 0 radical (unpaired) electrons. The van der Waals surface area contributed by atoms with Crippen molar-refractivity contribution in [1.29, 1.82) is 5.26 Å². The van der Waals surface area contributed by atoms with Gasteiger partial charge in [0, 0.05) is 21.7 Å². The van der Waals surface area contributed by atoms with Crippen LogP contribution < -0.4 is 5.32 Å². The van der Waals surface area contributed by atoms with Gasteiger partial charge in [-0.05, 0) is 36.4 Å². The number of benzene rings is 2. The van der Waals surface area contributed by atoms with Crippen LogP contribution in [-0.2, 0) is 0 Å². The van der Waals surface area contributed by atoms with Crippen LogP contribution in [-0.4, -0.2) is 16.7 Å². The van der Waals surface area contributed by atoms with Crippen molar-refractivity contribution in [2.75, 3.05) is 6.67 Å². The van der Waals surface area contributed by atoms with Crippen LogP contribution in [0.1, 0.15) is 11.1 Å². The molecule has 2 aliphatic rings. The van der Waals surface area contributed by atoms with Crippen molar-refractivity contribution in [2.45, 2.75) is 4.90 Å². The van der Waals surface area contributed by atoms with Gasteiger partial charge in [-0.15, -0.1) is 0 Å². The largest absolute Gasteiger partial charge is 0.366 e. The fourth-order valence-corrected chi connectivity index (χ4v) is 4.48. The topological polar surface area (TPSA) is 51.4 Å². The molecule has 4 nitrogen and oxygen atoms in total. The van der Waals surface area contributed by atoms with Crippen LogP contribution in [0, 0.1) is 11.3 Å². The lowest BCUT2D eigenvalue weighted by Crippen LogP contribution is -2.36. The molecule has 0 saturated heterocycles. The van der Waals surface area contributed by atoms with Gasteiger partial charge in [-0.2, -0.15) is 10.4 Å². The molecule has 7 heteroatoms. The number of allylic oxidation sites excluding steroid dienone is 2. The number of hydrazone groups is 1. The second-order valence-corrected chi connectivity index (χ2v) is 7.93. The zero-order valence-electron chi connectivity index (χ0n) is 14.6. The highest BCUT2D eigenvalue weighted by Crippen LogP contribution is 2.40. The van der Waals surface area contributed by atoms with Gasteiger partial charge in [-0.1, -0.05) is 59.7 Å². The molecule has 0 aromatic heterocycles. The van der Waals surface area contributed by atoms with E-state index in [9.17, 15) is 5.26 Å². The minimum Gasteiger partial charge on any atom is -0.366 e. The Hall–Kier alpha value is -2.65. The SMILES string of the molecule is C=C1NCN2N=C(Sc3ccccc3C#N)C=CC2=C1c1c(Cl)cccc1Cl. The number of hydrogen-bond donors (Lipinski definition) is 1. The van der Waals surface area contributed by atoms with E-state index < -0.39 is 0 Å². The van der Waals surface area contributed by atoms with Crippen molar-refractivity contribution < 1.29 is 0 Å². The molecule has 0 saturated carbocycles. The lowest BCUT2D eigenvalue weighted by atomic mass is 9.98. The van der Waals surface area contributed by atoms with Crippen molar-refractivity contribution in [3.05, 3.63) is 93.8 Å². The zero-order chi connectivity index (χ0) is 19.7. The summed E-state index contributed by atoms with van der Waals surface area (Å²) in [5.41, 5.74) is 3.79. The highest BCUT2D eigenvalue weighted by Gasteiger charge is 2.27. The maximum Gasteiger partial charge on any atom is 0.122 e. The molecular weight excluding hydrogens is 411 g/mol. The molecule has 2 aromatic rings. The van der Waals surface area contributed by atoms with Gasteiger partial charge in [0.05, 0.1) is 21.3 Å². The standard InChI is InChI=1S/C21H14Cl2N4S/c1-13-20(21-15(22)6-4-7-16(21)23)17-9-10-19(26-27(17)12-25-13)28-18-8-3-2-5-14(18)11-24/h2-10,25H,1,12H2. The summed E-state index contributed by atoms with van der Waals surface area (Å²) in [6, 6.07) is 15.1. The molecule has 0 fully saturated rings. The molecule has 2 aromatic carbocycles. The first-order valence-corrected chi connectivity index (χ1v) is 9.98. The number of nitrogens with one attached hydrogen (secondary N) is 1. The zero-order valence-corrected chi connectivity index (χ0v) is 16.9. The molecule has 138 valence electrons. The summed E-state index contributed by atoms with van der Waals surface area (Å²) in [7, 11) is 0. The molecule has 2 aliphatic heterocycles. The van der Waals surface area contributed by atoms with E-state index in [1.54, 1.807) is 18.2 Å². The van der Waals surface area contributed by atoms with Gasteiger partial charge in [0.15, 0.2) is 0 Å². The lowest BCUT2D eigenvalue weighted by molar-refractivity contribution is 0.348. The third-order valence-electron chi connectivity index (χ3n) is 4.32. The molecular formula is C21H14Cl2N4S. The van der Waals surface area contributed by atoms with Crippen molar-refractivity contribution in [3.63, 3.8) is 0 Å². The van der Waals surface area contributed by atoms with Crippen molar-refractivity contribution in [1.82, 2.24) is 10.3 Å². The molecule has 0 spiro atoms. The van der Waals surface area contributed by atoms with Crippen molar-refractivity contribution in [3.8, 4) is 6.07 Å². The van der Waals surface area contributed by atoms with E-state index in [2.05, 4.69) is 18.0 Å². The molecule has 1 N–H and O–H groups in total. The Morgan fingerprint density at radius 3 is 2.61 bits per heavy atom. The average molecular weight is 425 g/mol. The molecule has 0 bridgehead atoms. The predicted molar refractivity (Wildman–Crippen MR) is 116 cm³/mol. The fourth-order valence-electron chi connectivity index (χ4n) is 3.02. The maximum atomic E-state index is 9.29. The summed E-state index contributed by atoms with van der Waals surface area (Å²) >= 11 is 14.3. The number of thioether (sulfide) groups is 1.